The number of likely N-dealkylation sites (tertiary alicyclic amines) is 1. The second-order valence-corrected chi connectivity index (χ2v) is 6.40. The van der Waals surface area contributed by atoms with Gasteiger partial charge in [0.1, 0.15) is 6.04 Å². The Morgan fingerprint density at radius 1 is 1.19 bits per heavy atom. The van der Waals surface area contributed by atoms with Crippen LogP contribution in [0.1, 0.15) is 64.7 Å². The Balaban J connectivity index is 1.90. The number of unbranched alkanes of at least 4 members (excludes halogenated alkanes) is 3. The van der Waals surface area contributed by atoms with Crippen LogP contribution in [0.5, 0.6) is 0 Å². The number of amides is 2. The van der Waals surface area contributed by atoms with Gasteiger partial charge >= 0.3 is 12.0 Å². The smallest absolute Gasteiger partial charge is 0.326 e. The molecule has 0 aromatic rings. The lowest BCUT2D eigenvalue weighted by Gasteiger charge is -2.33. The molecule has 0 aromatic carbocycles. The molecule has 0 radical (unpaired) electrons. The Bertz CT molecular complexity index is 373. The molecule has 2 N–H and O–H groups in total. The fraction of sp³-hybridized carbons (Fsp3) is 0.875. The number of urea groups is 1. The van der Waals surface area contributed by atoms with Crippen LogP contribution in [0, 0.1) is 5.92 Å². The van der Waals surface area contributed by atoms with E-state index in [-0.39, 0.29) is 12.1 Å². The van der Waals surface area contributed by atoms with E-state index in [4.69, 9.17) is 0 Å². The number of fused-ring (bicyclic) bond motifs is 1. The molecular weight excluding hydrogens is 268 g/mol. The lowest BCUT2D eigenvalue weighted by atomic mass is 9.85. The number of aliphatic carboxylic acids is 1. The minimum Gasteiger partial charge on any atom is -0.480 e. The highest BCUT2D eigenvalue weighted by atomic mass is 16.4. The van der Waals surface area contributed by atoms with Gasteiger partial charge in [0.15, 0.2) is 0 Å². The van der Waals surface area contributed by atoms with Gasteiger partial charge in [0.05, 0.1) is 0 Å². The number of nitrogens with one attached hydrogen (secondary N) is 1. The zero-order valence-electron chi connectivity index (χ0n) is 13.0. The molecule has 5 heteroatoms. The molecule has 21 heavy (non-hydrogen) atoms. The number of hydrogen-bond acceptors (Lipinski definition) is 2. The van der Waals surface area contributed by atoms with Crippen LogP contribution in [0.25, 0.3) is 0 Å². The number of carboxylic acids is 1. The van der Waals surface area contributed by atoms with Gasteiger partial charge in [-0.1, -0.05) is 39.0 Å². The minimum atomic E-state index is -0.856. The zero-order valence-corrected chi connectivity index (χ0v) is 13.0. The van der Waals surface area contributed by atoms with E-state index in [2.05, 4.69) is 12.2 Å². The predicted molar refractivity (Wildman–Crippen MR) is 81.2 cm³/mol. The highest BCUT2D eigenvalue weighted by Crippen LogP contribution is 2.39. The molecule has 0 aromatic heterocycles. The van der Waals surface area contributed by atoms with Crippen molar-refractivity contribution in [2.45, 2.75) is 76.8 Å². The number of nitrogens with zero attached hydrogens (tertiary/aromatic N) is 1. The first kappa shape index (κ1) is 16.1. The summed E-state index contributed by atoms with van der Waals surface area (Å²) in [7, 11) is 0. The van der Waals surface area contributed by atoms with Crippen LogP contribution in [0.3, 0.4) is 0 Å². The fourth-order valence-electron chi connectivity index (χ4n) is 3.81. The molecule has 2 amide bonds. The van der Waals surface area contributed by atoms with E-state index in [1.165, 1.54) is 19.3 Å². The van der Waals surface area contributed by atoms with Crippen molar-refractivity contribution in [3.05, 3.63) is 0 Å². The third kappa shape index (κ3) is 3.89. The van der Waals surface area contributed by atoms with Crippen molar-refractivity contribution in [2.75, 3.05) is 6.54 Å². The SMILES string of the molecule is CCCCCCNC(=O)N1C(C(=O)O)CC2CCCCC21. The van der Waals surface area contributed by atoms with Crippen LogP contribution < -0.4 is 5.32 Å². The van der Waals surface area contributed by atoms with E-state index in [1.807, 2.05) is 0 Å². The summed E-state index contributed by atoms with van der Waals surface area (Å²) in [5, 5.41) is 12.3. The van der Waals surface area contributed by atoms with Crippen molar-refractivity contribution in [3.8, 4) is 0 Å². The van der Waals surface area contributed by atoms with Crippen LogP contribution in [0.2, 0.25) is 0 Å². The van der Waals surface area contributed by atoms with E-state index in [1.54, 1.807) is 4.90 Å². The van der Waals surface area contributed by atoms with Gasteiger partial charge in [0.2, 0.25) is 0 Å². The van der Waals surface area contributed by atoms with E-state index < -0.39 is 12.0 Å². The van der Waals surface area contributed by atoms with Crippen LogP contribution in [-0.4, -0.2) is 40.6 Å². The van der Waals surface area contributed by atoms with E-state index in [0.29, 0.717) is 18.9 Å². The summed E-state index contributed by atoms with van der Waals surface area (Å²) >= 11 is 0. The second kappa shape index (κ2) is 7.66. The molecule has 1 aliphatic carbocycles. The number of hydrogen-bond donors (Lipinski definition) is 2. The number of carbonyl (C=O) groups excluding carboxylic acids is 1. The maximum atomic E-state index is 12.4. The molecule has 0 spiro atoms. The maximum Gasteiger partial charge on any atom is 0.326 e. The largest absolute Gasteiger partial charge is 0.480 e. The Hall–Kier alpha value is -1.26. The maximum absolute atomic E-state index is 12.4. The van der Waals surface area contributed by atoms with Crippen LogP contribution in [-0.2, 0) is 4.79 Å². The van der Waals surface area contributed by atoms with Gasteiger partial charge in [0.25, 0.3) is 0 Å². The molecule has 2 aliphatic rings. The molecule has 1 saturated heterocycles. The van der Waals surface area contributed by atoms with Gasteiger partial charge in [-0.2, -0.15) is 0 Å². The Kier molecular flexibility index (Phi) is 5.88. The first-order chi connectivity index (χ1) is 10.1. The Morgan fingerprint density at radius 2 is 1.95 bits per heavy atom. The molecule has 5 nitrogen and oxygen atoms in total. The predicted octanol–water partition coefficient (Wildman–Crippen LogP) is 2.99. The average molecular weight is 296 g/mol. The van der Waals surface area contributed by atoms with E-state index >= 15 is 0 Å². The lowest BCUT2D eigenvalue weighted by molar-refractivity contribution is -0.141. The molecule has 1 heterocycles. The van der Waals surface area contributed by atoms with Gasteiger partial charge in [0, 0.05) is 12.6 Å². The zero-order chi connectivity index (χ0) is 15.2. The number of rotatable bonds is 6. The molecule has 2 fully saturated rings. The van der Waals surface area contributed by atoms with Crippen molar-refractivity contribution < 1.29 is 14.7 Å². The molecule has 1 saturated carbocycles. The Morgan fingerprint density at radius 3 is 2.67 bits per heavy atom. The van der Waals surface area contributed by atoms with Crippen molar-refractivity contribution in [1.82, 2.24) is 10.2 Å². The third-order valence-electron chi connectivity index (χ3n) is 4.91. The Labute approximate surface area is 127 Å². The molecule has 3 atom stereocenters. The molecule has 1 aliphatic heterocycles. The van der Waals surface area contributed by atoms with Crippen molar-refractivity contribution in [3.63, 3.8) is 0 Å². The number of carbonyl (C=O) groups is 2. The van der Waals surface area contributed by atoms with Gasteiger partial charge in [-0.25, -0.2) is 9.59 Å². The van der Waals surface area contributed by atoms with Gasteiger partial charge in [-0.05, 0) is 31.6 Å². The van der Waals surface area contributed by atoms with Crippen molar-refractivity contribution >= 4 is 12.0 Å². The van der Waals surface area contributed by atoms with Gasteiger partial charge in [-0.15, -0.1) is 0 Å². The molecule has 2 rings (SSSR count). The van der Waals surface area contributed by atoms with E-state index in [0.717, 1.165) is 32.1 Å². The highest BCUT2D eigenvalue weighted by molar-refractivity contribution is 5.83. The quantitative estimate of drug-likeness (QED) is 0.740. The van der Waals surface area contributed by atoms with Crippen molar-refractivity contribution in [2.24, 2.45) is 5.92 Å². The van der Waals surface area contributed by atoms with Crippen LogP contribution in [0.4, 0.5) is 4.79 Å². The van der Waals surface area contributed by atoms with Crippen LogP contribution >= 0.6 is 0 Å². The molecule has 3 unspecified atom stereocenters. The van der Waals surface area contributed by atoms with Gasteiger partial charge < -0.3 is 15.3 Å². The fourth-order valence-corrected chi connectivity index (χ4v) is 3.81. The van der Waals surface area contributed by atoms with Crippen LogP contribution in [0.15, 0.2) is 0 Å². The minimum absolute atomic E-state index is 0.135. The van der Waals surface area contributed by atoms with E-state index in [9.17, 15) is 14.7 Å². The summed E-state index contributed by atoms with van der Waals surface area (Å²) in [6.07, 6.45) is 9.36. The summed E-state index contributed by atoms with van der Waals surface area (Å²) in [5.41, 5.74) is 0. The summed E-state index contributed by atoms with van der Waals surface area (Å²) in [6.45, 7) is 2.81. The monoisotopic (exact) mass is 296 g/mol. The standard InChI is InChI=1S/C16H28N2O3/c1-2-3-4-7-10-17-16(21)18-13-9-6-5-8-12(13)11-14(18)15(19)20/h12-14H,2-11H2,1H3,(H,17,21)(H,19,20). The topological polar surface area (TPSA) is 69.6 Å². The first-order valence-electron chi connectivity index (χ1n) is 8.44. The first-order valence-corrected chi connectivity index (χ1v) is 8.44. The summed E-state index contributed by atoms with van der Waals surface area (Å²) in [4.78, 5) is 25.5. The highest BCUT2D eigenvalue weighted by Gasteiger charge is 2.47. The third-order valence-corrected chi connectivity index (χ3v) is 4.91. The average Bonchev–Trinajstić information content (AvgIpc) is 2.86. The number of carboxylic acid groups (broad SMARTS) is 1. The normalized spacial score (nSPS) is 28.2. The summed E-state index contributed by atoms with van der Waals surface area (Å²) in [6, 6.07) is -0.669. The summed E-state index contributed by atoms with van der Waals surface area (Å²) < 4.78 is 0. The molecular formula is C16H28N2O3. The molecule has 0 bridgehead atoms. The molecule has 120 valence electrons. The van der Waals surface area contributed by atoms with Crippen molar-refractivity contribution in [1.29, 1.82) is 0 Å². The lowest BCUT2D eigenvalue weighted by Crippen LogP contribution is -2.50. The second-order valence-electron chi connectivity index (χ2n) is 6.40. The summed E-state index contributed by atoms with van der Waals surface area (Å²) in [5.74, 6) is -0.476. The van der Waals surface area contributed by atoms with Gasteiger partial charge in [-0.3, -0.25) is 0 Å².